The van der Waals surface area contributed by atoms with Crippen LogP contribution in [0.1, 0.15) is 12.0 Å². The summed E-state index contributed by atoms with van der Waals surface area (Å²) in [5.41, 5.74) is 1.84. The molecule has 1 heterocycles. The van der Waals surface area contributed by atoms with E-state index in [1.54, 1.807) is 4.90 Å². The number of carboxylic acid groups (broad SMARTS) is 1. The van der Waals surface area contributed by atoms with Crippen LogP contribution in [0.3, 0.4) is 0 Å². The molecular formula is C11H10INO3. The number of anilines is 1. The maximum atomic E-state index is 11.7. The van der Waals surface area contributed by atoms with Crippen molar-refractivity contribution in [2.75, 3.05) is 11.4 Å². The lowest BCUT2D eigenvalue weighted by Crippen LogP contribution is -2.29. The number of benzene rings is 1. The summed E-state index contributed by atoms with van der Waals surface area (Å²) < 4.78 is 1.09. The zero-order valence-electron chi connectivity index (χ0n) is 8.44. The topological polar surface area (TPSA) is 57.6 Å². The monoisotopic (exact) mass is 331 g/mol. The first-order valence-electron chi connectivity index (χ1n) is 4.88. The van der Waals surface area contributed by atoms with Gasteiger partial charge in [0.1, 0.15) is 0 Å². The number of carboxylic acids is 1. The van der Waals surface area contributed by atoms with Gasteiger partial charge in [-0.15, -0.1) is 0 Å². The summed E-state index contributed by atoms with van der Waals surface area (Å²) in [4.78, 5) is 23.7. The summed E-state index contributed by atoms with van der Waals surface area (Å²) in [6.45, 7) is 0.252. The van der Waals surface area contributed by atoms with E-state index in [0.29, 0.717) is 6.42 Å². The molecule has 5 heteroatoms. The standard InChI is InChI=1S/C11H10INO3/c12-8-1-2-9-7(5-8)6-10(14)13(9)4-3-11(15)16/h1-2,5H,3-4,6H2,(H,15,16). The fourth-order valence-electron chi connectivity index (χ4n) is 1.80. The Kier molecular flexibility index (Phi) is 3.13. The van der Waals surface area contributed by atoms with Gasteiger partial charge in [0, 0.05) is 15.8 Å². The van der Waals surface area contributed by atoms with Crippen molar-refractivity contribution in [2.45, 2.75) is 12.8 Å². The van der Waals surface area contributed by atoms with Crippen molar-refractivity contribution in [3.63, 3.8) is 0 Å². The molecule has 84 valence electrons. The molecule has 1 aromatic rings. The van der Waals surface area contributed by atoms with Crippen LogP contribution in [0.5, 0.6) is 0 Å². The Balaban J connectivity index is 2.22. The minimum Gasteiger partial charge on any atom is -0.481 e. The van der Waals surface area contributed by atoms with Crippen molar-refractivity contribution in [1.29, 1.82) is 0 Å². The maximum Gasteiger partial charge on any atom is 0.305 e. The highest BCUT2D eigenvalue weighted by Gasteiger charge is 2.27. The summed E-state index contributed by atoms with van der Waals surface area (Å²) >= 11 is 2.20. The fraction of sp³-hybridized carbons (Fsp3) is 0.273. The number of hydrogen-bond donors (Lipinski definition) is 1. The van der Waals surface area contributed by atoms with E-state index in [4.69, 9.17) is 5.11 Å². The van der Waals surface area contributed by atoms with Gasteiger partial charge < -0.3 is 10.0 Å². The minimum atomic E-state index is -0.883. The molecule has 16 heavy (non-hydrogen) atoms. The normalized spacial score (nSPS) is 14.1. The van der Waals surface area contributed by atoms with Crippen molar-refractivity contribution in [3.05, 3.63) is 27.3 Å². The Morgan fingerprint density at radius 2 is 2.25 bits per heavy atom. The number of rotatable bonds is 3. The van der Waals surface area contributed by atoms with E-state index >= 15 is 0 Å². The first-order chi connectivity index (χ1) is 7.58. The molecule has 0 saturated carbocycles. The Morgan fingerprint density at radius 1 is 1.50 bits per heavy atom. The second-order valence-corrected chi connectivity index (χ2v) is 4.88. The molecule has 2 rings (SSSR count). The van der Waals surface area contributed by atoms with Crippen LogP contribution in [0.4, 0.5) is 5.69 Å². The van der Waals surface area contributed by atoms with Gasteiger partial charge in [0.05, 0.1) is 12.8 Å². The quantitative estimate of drug-likeness (QED) is 0.857. The summed E-state index contributed by atoms with van der Waals surface area (Å²) in [6, 6.07) is 5.77. The Morgan fingerprint density at radius 3 is 2.94 bits per heavy atom. The van der Waals surface area contributed by atoms with Crippen LogP contribution in [-0.4, -0.2) is 23.5 Å². The van der Waals surface area contributed by atoms with Crippen LogP contribution in [0.15, 0.2) is 18.2 Å². The number of amides is 1. The predicted octanol–water partition coefficient (Wildman–Crippen LogP) is 1.65. The lowest BCUT2D eigenvalue weighted by molar-refractivity contribution is -0.136. The molecule has 0 atom stereocenters. The summed E-state index contributed by atoms with van der Waals surface area (Å²) in [7, 11) is 0. The molecule has 1 N–H and O–H groups in total. The smallest absolute Gasteiger partial charge is 0.305 e. The minimum absolute atomic E-state index is 0.0155. The molecule has 0 saturated heterocycles. The Labute approximate surface area is 106 Å². The first-order valence-corrected chi connectivity index (χ1v) is 5.96. The Bertz CT molecular complexity index is 459. The number of hydrogen-bond acceptors (Lipinski definition) is 2. The van der Waals surface area contributed by atoms with Gasteiger partial charge in [-0.2, -0.15) is 0 Å². The van der Waals surface area contributed by atoms with Crippen LogP contribution in [0.25, 0.3) is 0 Å². The molecule has 0 spiro atoms. The van der Waals surface area contributed by atoms with E-state index in [-0.39, 0.29) is 18.9 Å². The second-order valence-electron chi connectivity index (χ2n) is 3.64. The number of halogens is 1. The van der Waals surface area contributed by atoms with E-state index in [2.05, 4.69) is 22.6 Å². The lowest BCUT2D eigenvalue weighted by atomic mass is 10.2. The number of carbonyl (C=O) groups is 2. The molecule has 0 fully saturated rings. The van der Waals surface area contributed by atoms with Gasteiger partial charge in [-0.1, -0.05) is 0 Å². The highest BCUT2D eigenvalue weighted by Crippen LogP contribution is 2.30. The molecule has 1 aliphatic rings. The van der Waals surface area contributed by atoms with Gasteiger partial charge in [0.25, 0.3) is 0 Å². The molecule has 1 aromatic carbocycles. The SMILES string of the molecule is O=C(O)CCN1C(=O)Cc2cc(I)ccc21. The summed E-state index contributed by atoms with van der Waals surface area (Å²) in [6.07, 6.45) is 0.364. The highest BCUT2D eigenvalue weighted by atomic mass is 127. The van der Waals surface area contributed by atoms with Gasteiger partial charge in [0.15, 0.2) is 0 Å². The van der Waals surface area contributed by atoms with Gasteiger partial charge in [-0.25, -0.2) is 0 Å². The van der Waals surface area contributed by atoms with Gasteiger partial charge in [-0.3, -0.25) is 9.59 Å². The van der Waals surface area contributed by atoms with Crippen molar-refractivity contribution in [1.82, 2.24) is 0 Å². The van der Waals surface area contributed by atoms with Crippen LogP contribution in [0, 0.1) is 3.57 Å². The molecule has 0 aromatic heterocycles. The van der Waals surface area contributed by atoms with Crippen LogP contribution in [-0.2, 0) is 16.0 Å². The van der Waals surface area contributed by atoms with Crippen molar-refractivity contribution >= 4 is 40.2 Å². The van der Waals surface area contributed by atoms with Crippen molar-refractivity contribution in [3.8, 4) is 0 Å². The van der Waals surface area contributed by atoms with Crippen molar-refractivity contribution < 1.29 is 14.7 Å². The molecule has 0 bridgehead atoms. The third-order valence-corrected chi connectivity index (χ3v) is 3.20. The van der Waals surface area contributed by atoms with Gasteiger partial charge in [-0.05, 0) is 46.4 Å². The number of nitrogens with zero attached hydrogens (tertiary/aromatic N) is 1. The largest absolute Gasteiger partial charge is 0.481 e. The molecule has 0 aliphatic carbocycles. The zero-order valence-corrected chi connectivity index (χ0v) is 10.6. The van der Waals surface area contributed by atoms with Crippen LogP contribution in [0.2, 0.25) is 0 Å². The molecule has 1 aliphatic heterocycles. The summed E-state index contributed by atoms with van der Waals surface area (Å²) in [5, 5.41) is 8.61. The first kappa shape index (κ1) is 11.4. The molecular weight excluding hydrogens is 321 g/mol. The second kappa shape index (κ2) is 4.40. The van der Waals surface area contributed by atoms with E-state index in [1.165, 1.54) is 0 Å². The molecule has 4 nitrogen and oxygen atoms in total. The molecule has 0 radical (unpaired) electrons. The lowest BCUT2D eigenvalue weighted by Gasteiger charge is -2.16. The van der Waals surface area contributed by atoms with Crippen LogP contribution >= 0.6 is 22.6 Å². The third-order valence-electron chi connectivity index (χ3n) is 2.52. The predicted molar refractivity (Wildman–Crippen MR) is 67.5 cm³/mol. The Hall–Kier alpha value is -1.11. The zero-order chi connectivity index (χ0) is 11.7. The average molecular weight is 331 g/mol. The average Bonchev–Trinajstić information content (AvgIpc) is 2.50. The van der Waals surface area contributed by atoms with Crippen LogP contribution < -0.4 is 4.90 Å². The number of carbonyl (C=O) groups excluding carboxylic acids is 1. The molecule has 0 unspecified atom stereocenters. The van der Waals surface area contributed by atoms with E-state index in [1.807, 2.05) is 18.2 Å². The number of aliphatic carboxylic acids is 1. The summed E-state index contributed by atoms with van der Waals surface area (Å²) in [5.74, 6) is -0.898. The maximum absolute atomic E-state index is 11.7. The highest BCUT2D eigenvalue weighted by molar-refractivity contribution is 14.1. The van der Waals surface area contributed by atoms with E-state index < -0.39 is 5.97 Å². The van der Waals surface area contributed by atoms with E-state index in [9.17, 15) is 9.59 Å². The third kappa shape index (κ3) is 2.18. The number of fused-ring (bicyclic) bond motifs is 1. The van der Waals surface area contributed by atoms with E-state index in [0.717, 1.165) is 14.8 Å². The van der Waals surface area contributed by atoms with Crippen molar-refractivity contribution in [2.24, 2.45) is 0 Å². The molecule has 1 amide bonds. The van der Waals surface area contributed by atoms with Gasteiger partial charge in [0.2, 0.25) is 5.91 Å². The fourth-order valence-corrected chi connectivity index (χ4v) is 2.36. The van der Waals surface area contributed by atoms with Gasteiger partial charge >= 0.3 is 5.97 Å².